The van der Waals surface area contributed by atoms with Crippen molar-refractivity contribution >= 4 is 17.9 Å². The van der Waals surface area contributed by atoms with Gasteiger partial charge in [-0.05, 0) is 55.8 Å². The Kier molecular flexibility index (Phi) is 11.2. The van der Waals surface area contributed by atoms with Crippen molar-refractivity contribution in [1.82, 2.24) is 19.0 Å². The largest absolute Gasteiger partial charge is 0.481 e. The summed E-state index contributed by atoms with van der Waals surface area (Å²) in [7, 11) is 0. The monoisotopic (exact) mass is 584 g/mol. The third-order valence-corrected chi connectivity index (χ3v) is 6.22. The van der Waals surface area contributed by atoms with Crippen LogP contribution in [0.5, 0.6) is 0 Å². The molecule has 4 rings (SSSR count). The molecule has 0 saturated heterocycles. The van der Waals surface area contributed by atoms with Crippen LogP contribution in [-0.2, 0) is 34.0 Å². The Morgan fingerprint density at radius 3 is 2.31 bits per heavy atom. The number of aromatic nitrogens is 3. The normalized spacial score (nSPS) is 11.2. The Bertz CT molecular complexity index is 1450. The highest BCUT2D eigenvalue weighted by atomic mass is 19.1. The molecule has 0 unspecified atom stereocenters. The maximum absolute atomic E-state index is 13.7. The summed E-state index contributed by atoms with van der Waals surface area (Å²) in [6.07, 6.45) is 6.31. The molecule has 3 heterocycles. The van der Waals surface area contributed by atoms with Gasteiger partial charge in [0.05, 0.1) is 25.7 Å². The molecule has 0 aliphatic carbocycles. The van der Waals surface area contributed by atoms with E-state index in [-0.39, 0.29) is 5.82 Å². The number of aliphatic hydroxyl groups is 1. The van der Waals surface area contributed by atoms with E-state index in [2.05, 4.69) is 20.5 Å². The van der Waals surface area contributed by atoms with Crippen molar-refractivity contribution in [3.05, 3.63) is 96.5 Å². The predicted octanol–water partition coefficient (Wildman–Crippen LogP) is 3.56. The van der Waals surface area contributed by atoms with Crippen LogP contribution in [0.1, 0.15) is 36.5 Å². The molecular weight excluding hydrogens is 551 g/mol. The van der Waals surface area contributed by atoms with Crippen LogP contribution in [0.15, 0.2) is 77.9 Å². The quantitative estimate of drug-likeness (QED) is 0.172. The first-order chi connectivity index (χ1) is 19.9. The smallest absolute Gasteiger partial charge is 0.336 e. The van der Waals surface area contributed by atoms with E-state index in [0.29, 0.717) is 0 Å². The van der Waals surface area contributed by atoms with Gasteiger partial charge in [0.1, 0.15) is 17.3 Å². The van der Waals surface area contributed by atoms with Gasteiger partial charge in [-0.15, -0.1) is 0 Å². The van der Waals surface area contributed by atoms with Gasteiger partial charge < -0.3 is 34.0 Å². The Balaban J connectivity index is 0.000000316. The van der Waals surface area contributed by atoms with Gasteiger partial charge in [-0.25, -0.2) is 14.2 Å². The SMILES string of the molecule is Cc1ccc(CN(CCCn2ccnc2)Cc2cccn2-c2cccc(F)c2)o1.O=C(O)CC(O)(CC(=O)O)C(=O)O. The number of furan rings is 1. The number of hydrogen-bond acceptors (Lipinski definition) is 7. The average Bonchev–Trinajstić information content (AvgIpc) is 3.66. The molecule has 42 heavy (non-hydrogen) atoms. The fourth-order valence-electron chi connectivity index (χ4n) is 4.27. The van der Waals surface area contributed by atoms with E-state index in [0.717, 1.165) is 55.5 Å². The summed E-state index contributed by atoms with van der Waals surface area (Å²) in [4.78, 5) is 37.0. The van der Waals surface area contributed by atoms with Crippen LogP contribution in [0, 0.1) is 12.7 Å². The molecule has 4 aromatic rings. The second-order valence-corrected chi connectivity index (χ2v) is 9.70. The molecule has 0 saturated carbocycles. The van der Waals surface area contributed by atoms with Crippen LogP contribution in [0.4, 0.5) is 4.39 Å². The maximum Gasteiger partial charge on any atom is 0.336 e. The number of carboxylic acid groups (broad SMARTS) is 3. The summed E-state index contributed by atoms with van der Waals surface area (Å²) in [6.45, 7) is 5.26. The number of aryl methyl sites for hydroxylation is 2. The highest BCUT2D eigenvalue weighted by molar-refractivity contribution is 5.88. The van der Waals surface area contributed by atoms with E-state index in [1.54, 1.807) is 18.3 Å². The molecule has 4 N–H and O–H groups in total. The summed E-state index contributed by atoms with van der Waals surface area (Å²) in [5, 5.41) is 33.8. The lowest BCUT2D eigenvalue weighted by molar-refractivity contribution is -0.170. The number of carbonyl (C=O) groups is 3. The number of halogens is 1. The fourth-order valence-corrected chi connectivity index (χ4v) is 4.27. The summed E-state index contributed by atoms with van der Waals surface area (Å²) in [5.74, 6) is -3.38. The Labute approximate surface area is 240 Å². The first-order valence-electron chi connectivity index (χ1n) is 13.0. The van der Waals surface area contributed by atoms with E-state index in [4.69, 9.17) is 24.8 Å². The summed E-state index contributed by atoms with van der Waals surface area (Å²) in [5.41, 5.74) is -0.795. The van der Waals surface area contributed by atoms with Gasteiger partial charge in [0, 0.05) is 49.6 Å². The van der Waals surface area contributed by atoms with Crippen LogP contribution in [-0.4, -0.2) is 69.5 Å². The zero-order chi connectivity index (χ0) is 30.7. The molecule has 3 aromatic heterocycles. The van der Waals surface area contributed by atoms with E-state index < -0.39 is 36.4 Å². The highest BCUT2D eigenvalue weighted by Gasteiger charge is 2.40. The molecule has 0 aliphatic rings. The van der Waals surface area contributed by atoms with Crippen LogP contribution in [0.2, 0.25) is 0 Å². The first kappa shape index (κ1) is 31.8. The topological polar surface area (TPSA) is 171 Å². The average molecular weight is 585 g/mol. The molecule has 0 amide bonds. The molecule has 224 valence electrons. The number of rotatable bonds is 14. The maximum atomic E-state index is 13.7. The second kappa shape index (κ2) is 14.8. The Morgan fingerprint density at radius 2 is 1.74 bits per heavy atom. The van der Waals surface area contributed by atoms with Crippen molar-refractivity contribution in [2.75, 3.05) is 6.54 Å². The Hall–Kier alpha value is -4.75. The van der Waals surface area contributed by atoms with Crippen LogP contribution in [0.3, 0.4) is 0 Å². The van der Waals surface area contributed by atoms with E-state index >= 15 is 0 Å². The van der Waals surface area contributed by atoms with Crippen LogP contribution in [0.25, 0.3) is 5.69 Å². The lowest BCUT2D eigenvalue weighted by atomic mass is 9.96. The molecule has 0 spiro atoms. The molecule has 0 bridgehead atoms. The molecule has 0 fully saturated rings. The molecule has 13 heteroatoms. The number of nitrogens with zero attached hydrogens (tertiary/aromatic N) is 4. The minimum atomic E-state index is -2.74. The van der Waals surface area contributed by atoms with Gasteiger partial charge in [0.25, 0.3) is 0 Å². The van der Waals surface area contributed by atoms with E-state index in [1.165, 1.54) is 6.07 Å². The van der Waals surface area contributed by atoms with Crippen molar-refractivity contribution in [2.24, 2.45) is 0 Å². The fraction of sp³-hybridized carbons (Fsp3) is 0.310. The van der Waals surface area contributed by atoms with Crippen molar-refractivity contribution < 1.29 is 43.6 Å². The number of aliphatic carboxylic acids is 3. The molecule has 0 radical (unpaired) electrons. The number of carboxylic acids is 3. The first-order valence-corrected chi connectivity index (χ1v) is 13.0. The zero-order valence-corrected chi connectivity index (χ0v) is 23.0. The minimum absolute atomic E-state index is 0.231. The van der Waals surface area contributed by atoms with Crippen LogP contribution < -0.4 is 0 Å². The highest BCUT2D eigenvalue weighted by Crippen LogP contribution is 2.19. The summed E-state index contributed by atoms with van der Waals surface area (Å²) in [6, 6.07) is 14.8. The van der Waals surface area contributed by atoms with Gasteiger partial charge in [-0.1, -0.05) is 6.07 Å². The van der Waals surface area contributed by atoms with Gasteiger partial charge >= 0.3 is 17.9 Å². The van der Waals surface area contributed by atoms with Crippen LogP contribution >= 0.6 is 0 Å². The third kappa shape index (κ3) is 9.71. The van der Waals surface area contributed by atoms with Crippen molar-refractivity contribution in [3.8, 4) is 5.69 Å². The summed E-state index contributed by atoms with van der Waals surface area (Å²) < 4.78 is 23.6. The third-order valence-electron chi connectivity index (χ3n) is 6.22. The van der Waals surface area contributed by atoms with Gasteiger partial charge in [0.15, 0.2) is 5.60 Å². The molecular formula is C29H33FN4O8. The van der Waals surface area contributed by atoms with E-state index in [1.807, 2.05) is 54.5 Å². The standard InChI is InChI=1S/C23H25FN4O.C6H8O7/c1-19-8-9-23(29-19)17-27(12-4-11-26-14-10-25-18-26)16-22-7-3-13-28(22)21-6-2-5-20(24)15-21;7-3(8)1-6(13,5(11)12)2-4(9)10/h2-3,5-10,13-15,18H,4,11-12,16-17H2,1H3;13H,1-2H2,(H,7,8)(H,9,10)(H,11,12). The predicted molar refractivity (Wildman–Crippen MR) is 147 cm³/mol. The van der Waals surface area contributed by atoms with Gasteiger partial charge in [-0.3, -0.25) is 14.5 Å². The minimum Gasteiger partial charge on any atom is -0.481 e. The zero-order valence-electron chi connectivity index (χ0n) is 23.0. The Morgan fingerprint density at radius 1 is 1.00 bits per heavy atom. The van der Waals surface area contributed by atoms with Gasteiger partial charge in [0.2, 0.25) is 0 Å². The lowest BCUT2D eigenvalue weighted by Crippen LogP contribution is -2.42. The van der Waals surface area contributed by atoms with Crippen molar-refractivity contribution in [3.63, 3.8) is 0 Å². The second-order valence-electron chi connectivity index (χ2n) is 9.70. The van der Waals surface area contributed by atoms with Gasteiger partial charge in [-0.2, -0.15) is 0 Å². The van der Waals surface area contributed by atoms with E-state index in [9.17, 15) is 18.8 Å². The molecule has 0 atom stereocenters. The lowest BCUT2D eigenvalue weighted by Gasteiger charge is -2.22. The summed E-state index contributed by atoms with van der Waals surface area (Å²) >= 11 is 0. The molecule has 0 aliphatic heterocycles. The van der Waals surface area contributed by atoms with Crippen molar-refractivity contribution in [2.45, 2.75) is 51.4 Å². The number of imidazole rings is 1. The van der Waals surface area contributed by atoms with Crippen molar-refractivity contribution in [1.29, 1.82) is 0 Å². The molecule has 12 nitrogen and oxygen atoms in total. The number of benzene rings is 1. The number of hydrogen-bond donors (Lipinski definition) is 4. The molecule has 1 aromatic carbocycles.